The van der Waals surface area contributed by atoms with Crippen LogP contribution >= 0.6 is 0 Å². The molecule has 0 unspecified atom stereocenters. The van der Waals surface area contributed by atoms with Crippen LogP contribution in [0.15, 0.2) is 72.4 Å². The van der Waals surface area contributed by atoms with Crippen molar-refractivity contribution in [3.05, 3.63) is 100 Å². The van der Waals surface area contributed by atoms with Crippen LogP contribution in [0.3, 0.4) is 0 Å². The van der Waals surface area contributed by atoms with E-state index in [2.05, 4.69) is 11.4 Å². The minimum atomic E-state index is -1.17. The maximum absolute atomic E-state index is 13.7. The smallest absolute Gasteiger partial charge is 0.352 e. The van der Waals surface area contributed by atoms with Crippen molar-refractivity contribution in [3.63, 3.8) is 0 Å². The maximum atomic E-state index is 13.7. The molecular weight excluding hydrogens is 691 g/mol. The molecule has 3 N–H and O–H groups in total. The zero-order valence-electron chi connectivity index (χ0n) is 28.6. The number of amides is 2. The Morgan fingerprint density at radius 3 is 2.14 bits per heavy atom. The summed E-state index contributed by atoms with van der Waals surface area (Å²) in [5.74, 6) is -2.39. The second kappa shape index (κ2) is 13.5. The van der Waals surface area contributed by atoms with Crippen molar-refractivity contribution in [2.24, 2.45) is 11.8 Å². The highest BCUT2D eigenvalue weighted by molar-refractivity contribution is 6.22. The highest BCUT2D eigenvalue weighted by Gasteiger charge is 2.60. The lowest BCUT2D eigenvalue weighted by Crippen LogP contribution is -3.00. The fraction of sp³-hybridized carbons (Fsp3) is 0.385. The van der Waals surface area contributed by atoms with Crippen LogP contribution < -0.4 is 30.1 Å². The number of hydrogen-bond donors (Lipinski definition) is 3. The Hall–Kier alpha value is -4.06. The summed E-state index contributed by atoms with van der Waals surface area (Å²) in [5.41, 5.74) is 6.29. The number of carbonyl (C=O) groups excluding carboxylic acids is 3. The van der Waals surface area contributed by atoms with Crippen LogP contribution in [0.25, 0.3) is 16.7 Å². The molecule has 4 fully saturated rings. The van der Waals surface area contributed by atoms with Gasteiger partial charge < -0.3 is 54.2 Å². The van der Waals surface area contributed by atoms with Gasteiger partial charge in [-0.2, -0.15) is 0 Å². The van der Waals surface area contributed by atoms with Crippen LogP contribution in [-0.2, 0) is 27.5 Å². The molecule has 9 rings (SSSR count). The van der Waals surface area contributed by atoms with Crippen molar-refractivity contribution in [2.75, 3.05) is 45.8 Å². The molecule has 51 heavy (non-hydrogen) atoms. The minimum absolute atomic E-state index is 0. The molecule has 0 aromatic heterocycles. The molecule has 4 atom stereocenters. The van der Waals surface area contributed by atoms with Gasteiger partial charge in [-0.05, 0) is 52.9 Å². The normalized spacial score (nSPS) is 27.4. The minimum Gasteiger partial charge on any atom is -1.00 e. The first kappa shape index (κ1) is 36.7. The molecule has 2 amide bonds. The Bertz CT molecular complexity index is 1940. The number of aliphatic hydroxyl groups is 1. The van der Waals surface area contributed by atoms with Crippen molar-refractivity contribution >= 4 is 29.1 Å². The standard InChI is InChI=1S/C39H40N4O6.2ClH/c1-23-33(36(39(48)49)41-35(23)34(24(2)44)38(41)47)27-9-11-29-30(19-27)28-10-8-26(18-31(28)37(29)46)21-42-12-15-43(16-13-42,17-14-42)22-32(45)40-20-25-6-4-3-5-7-25;;/h3-11,18-19,23-24,34-35,44H,12-17,20-22H2,1-2H3;2*1H/t23-,24+,34+,35+,42?,43?;;/m0../s1. The van der Waals surface area contributed by atoms with E-state index in [0.717, 1.165) is 77.0 Å². The number of nitrogens with one attached hydrogen (secondary N) is 1. The van der Waals surface area contributed by atoms with E-state index >= 15 is 0 Å². The maximum Gasteiger partial charge on any atom is 0.352 e. The molecule has 4 saturated heterocycles. The Labute approximate surface area is 309 Å². The lowest BCUT2D eigenvalue weighted by molar-refractivity contribution is -1.08. The highest BCUT2D eigenvalue weighted by Crippen LogP contribution is 2.51. The molecule has 268 valence electrons. The largest absolute Gasteiger partial charge is 1.00 e. The molecule has 5 heterocycles. The number of hydrogen-bond acceptors (Lipinski definition) is 5. The van der Waals surface area contributed by atoms with Gasteiger partial charge in [0.2, 0.25) is 5.91 Å². The van der Waals surface area contributed by atoms with E-state index in [0.29, 0.717) is 35.4 Å². The summed E-state index contributed by atoms with van der Waals surface area (Å²) in [5, 5.41) is 23.5. The number of carboxylic acid groups (broad SMARTS) is 1. The van der Waals surface area contributed by atoms with Crippen LogP contribution in [0.2, 0.25) is 0 Å². The molecule has 0 saturated carbocycles. The molecule has 1 aliphatic carbocycles. The highest BCUT2D eigenvalue weighted by atomic mass is 35.5. The number of carbonyl (C=O) groups is 4. The first-order chi connectivity index (χ1) is 23.5. The van der Waals surface area contributed by atoms with E-state index in [1.807, 2.05) is 55.5 Å². The van der Waals surface area contributed by atoms with Crippen LogP contribution in [-0.4, -0.2) is 106 Å². The first-order valence-electron chi connectivity index (χ1n) is 17.3. The number of benzene rings is 3. The monoisotopic (exact) mass is 732 g/mol. The summed E-state index contributed by atoms with van der Waals surface area (Å²) in [6.07, 6.45) is -0.872. The third-order valence-corrected chi connectivity index (χ3v) is 12.0. The summed E-state index contributed by atoms with van der Waals surface area (Å²) < 4.78 is 1.80. The van der Waals surface area contributed by atoms with Crippen LogP contribution in [0.4, 0.5) is 0 Å². The predicted octanol–water partition coefficient (Wildman–Crippen LogP) is -2.96. The molecule has 10 nitrogen and oxygen atoms in total. The average molecular weight is 734 g/mol. The summed E-state index contributed by atoms with van der Waals surface area (Å²) in [6, 6.07) is 21.2. The van der Waals surface area contributed by atoms with Gasteiger partial charge in [0.25, 0.3) is 5.91 Å². The zero-order valence-corrected chi connectivity index (χ0v) is 30.2. The van der Waals surface area contributed by atoms with E-state index in [-0.39, 0.29) is 54.0 Å². The molecule has 5 aliphatic heterocycles. The Balaban J connectivity index is 0.00000224. The molecule has 0 spiro atoms. The molecule has 3 aromatic carbocycles. The Kier molecular flexibility index (Phi) is 9.71. The van der Waals surface area contributed by atoms with Crippen LogP contribution in [0.1, 0.15) is 46.5 Å². The SMILES string of the molecule is C[C@@H](O)[C@H]1C(=O)N2C(C(=O)O)=C(c3ccc4c(c3)-c3ccc(C[N+]56CC[N+](CC(=O)NCc7ccccc7)(CC5)CC6)cc3C4=O)[C@H](C)[C@H]12.[Cl-].[Cl-]. The van der Waals surface area contributed by atoms with Crippen LogP contribution in [0, 0.1) is 11.8 Å². The number of aliphatic hydroxyl groups excluding tert-OH is 1. The summed E-state index contributed by atoms with van der Waals surface area (Å²) in [6.45, 7) is 11.3. The number of halogens is 2. The summed E-state index contributed by atoms with van der Waals surface area (Å²) >= 11 is 0. The Morgan fingerprint density at radius 2 is 1.49 bits per heavy atom. The fourth-order valence-electron chi connectivity index (χ4n) is 9.30. The van der Waals surface area contributed by atoms with Gasteiger partial charge in [-0.1, -0.05) is 55.5 Å². The van der Waals surface area contributed by atoms with Crippen molar-refractivity contribution in [3.8, 4) is 11.1 Å². The number of quaternary nitrogens is 2. The number of carboxylic acids is 1. The zero-order chi connectivity index (χ0) is 34.2. The van der Waals surface area contributed by atoms with E-state index in [4.69, 9.17) is 0 Å². The molecule has 2 bridgehead atoms. The van der Waals surface area contributed by atoms with Gasteiger partial charge >= 0.3 is 5.97 Å². The van der Waals surface area contributed by atoms with Crippen molar-refractivity contribution in [1.82, 2.24) is 10.2 Å². The number of fused-ring (bicyclic) bond motifs is 7. The van der Waals surface area contributed by atoms with Crippen molar-refractivity contribution in [2.45, 2.75) is 39.1 Å². The molecule has 6 aliphatic rings. The van der Waals surface area contributed by atoms with E-state index in [1.165, 1.54) is 4.90 Å². The summed E-state index contributed by atoms with van der Waals surface area (Å²) in [7, 11) is 0. The average Bonchev–Trinajstić information content (AvgIpc) is 3.52. The van der Waals surface area contributed by atoms with Gasteiger partial charge in [-0.15, -0.1) is 0 Å². The quantitative estimate of drug-likeness (QED) is 0.125. The van der Waals surface area contributed by atoms with Gasteiger partial charge in [-0.25, -0.2) is 4.79 Å². The van der Waals surface area contributed by atoms with Gasteiger partial charge in [0.05, 0.1) is 18.1 Å². The summed E-state index contributed by atoms with van der Waals surface area (Å²) in [4.78, 5) is 53.2. The topological polar surface area (TPSA) is 124 Å². The van der Waals surface area contributed by atoms with Gasteiger partial charge in [0.1, 0.15) is 51.5 Å². The fourth-order valence-corrected chi connectivity index (χ4v) is 9.30. The molecule has 12 heteroatoms. The third-order valence-electron chi connectivity index (χ3n) is 12.0. The number of rotatable bonds is 9. The lowest BCUT2D eigenvalue weighted by Gasteiger charge is -2.55. The third kappa shape index (κ3) is 5.97. The number of nitrogens with zero attached hydrogens (tertiary/aromatic N) is 3. The number of piperazine rings is 3. The van der Waals surface area contributed by atoms with Crippen molar-refractivity contribution < 1.29 is 63.2 Å². The Morgan fingerprint density at radius 1 is 0.843 bits per heavy atom. The van der Waals surface area contributed by atoms with Gasteiger partial charge in [-0.3, -0.25) is 14.4 Å². The molecule has 3 aromatic rings. The lowest BCUT2D eigenvalue weighted by atomic mass is 9.76. The van der Waals surface area contributed by atoms with E-state index in [9.17, 15) is 29.4 Å². The number of ketones is 1. The molecule has 0 radical (unpaired) electrons. The number of aliphatic carboxylic acids is 1. The second-order valence-electron chi connectivity index (χ2n) is 14.9. The predicted molar refractivity (Wildman–Crippen MR) is 181 cm³/mol. The number of β-lactam (4-membered cyclic amide) rings is 1. The molecular formula is C39H42Cl2N4O6. The van der Waals surface area contributed by atoms with E-state index < -0.39 is 24.0 Å². The van der Waals surface area contributed by atoms with Gasteiger partial charge in [0.15, 0.2) is 12.3 Å². The van der Waals surface area contributed by atoms with Crippen molar-refractivity contribution in [1.29, 1.82) is 0 Å². The van der Waals surface area contributed by atoms with Gasteiger partial charge in [0, 0.05) is 29.2 Å². The first-order valence-corrected chi connectivity index (χ1v) is 17.3. The van der Waals surface area contributed by atoms with Crippen LogP contribution in [0.5, 0.6) is 0 Å². The van der Waals surface area contributed by atoms with E-state index in [1.54, 1.807) is 19.1 Å². The second-order valence-corrected chi connectivity index (χ2v) is 14.9.